The molecular weight excluding hydrogens is 637 g/mol. The average Bonchev–Trinajstić information content (AvgIpc) is 3.49. The molecular formula is C53H42. The third-order valence-electron chi connectivity index (χ3n) is 11.2. The highest BCUT2D eigenvalue weighted by Gasteiger charge is 2.46. The molecule has 0 saturated heterocycles. The Morgan fingerprint density at radius 3 is 1.13 bits per heavy atom. The summed E-state index contributed by atoms with van der Waals surface area (Å²) in [7, 11) is 0. The van der Waals surface area contributed by atoms with Gasteiger partial charge in [-0.3, -0.25) is 0 Å². The van der Waals surface area contributed by atoms with Crippen LogP contribution in [0.1, 0.15) is 55.6 Å². The lowest BCUT2D eigenvalue weighted by Crippen LogP contribution is -2.28. The molecule has 8 aromatic rings. The van der Waals surface area contributed by atoms with Gasteiger partial charge < -0.3 is 0 Å². The third-order valence-corrected chi connectivity index (χ3v) is 11.2. The van der Waals surface area contributed by atoms with E-state index in [-0.39, 0.29) is 0 Å². The van der Waals surface area contributed by atoms with Crippen molar-refractivity contribution in [1.82, 2.24) is 0 Å². The molecule has 0 heteroatoms. The van der Waals surface area contributed by atoms with Gasteiger partial charge in [0, 0.05) is 0 Å². The van der Waals surface area contributed by atoms with Gasteiger partial charge in [0.15, 0.2) is 0 Å². The van der Waals surface area contributed by atoms with Crippen LogP contribution < -0.4 is 0 Å². The highest BCUT2D eigenvalue weighted by molar-refractivity contribution is 5.90. The van der Waals surface area contributed by atoms with Gasteiger partial charge in [0.25, 0.3) is 0 Å². The minimum atomic E-state index is -0.513. The third kappa shape index (κ3) is 5.91. The number of rotatable bonds is 8. The van der Waals surface area contributed by atoms with Crippen molar-refractivity contribution in [3.05, 3.63) is 250 Å². The van der Waals surface area contributed by atoms with Crippen LogP contribution in [0, 0.1) is 13.8 Å². The zero-order chi connectivity index (χ0) is 35.8. The zero-order valence-electron chi connectivity index (χ0n) is 30.4. The smallest absolute Gasteiger partial charge is 0.0622 e. The number of benzene rings is 8. The summed E-state index contributed by atoms with van der Waals surface area (Å²) in [4.78, 5) is 0. The van der Waals surface area contributed by atoms with Crippen molar-refractivity contribution in [2.45, 2.75) is 32.1 Å². The molecule has 0 aromatic heterocycles. The quantitative estimate of drug-likeness (QED) is 0.150. The molecule has 0 atom stereocenters. The molecule has 0 N–H and O–H groups in total. The van der Waals surface area contributed by atoms with E-state index in [1.807, 2.05) is 0 Å². The molecule has 0 nitrogen and oxygen atoms in total. The van der Waals surface area contributed by atoms with Crippen LogP contribution in [-0.4, -0.2) is 0 Å². The fraction of sp³-hybridized carbons (Fsp3) is 0.0943. The van der Waals surface area contributed by atoms with Crippen LogP contribution in [0.3, 0.4) is 0 Å². The summed E-state index contributed by atoms with van der Waals surface area (Å²) in [6.45, 7) is 4.37. The van der Waals surface area contributed by atoms with E-state index in [0.717, 1.165) is 12.8 Å². The molecule has 0 spiro atoms. The maximum atomic E-state index is 2.50. The van der Waals surface area contributed by atoms with Gasteiger partial charge in [-0.2, -0.15) is 0 Å². The minimum absolute atomic E-state index is 0.513. The van der Waals surface area contributed by atoms with Crippen molar-refractivity contribution in [2.24, 2.45) is 0 Å². The maximum absolute atomic E-state index is 2.50. The van der Waals surface area contributed by atoms with Crippen LogP contribution in [0.25, 0.3) is 33.4 Å². The summed E-state index contributed by atoms with van der Waals surface area (Å²) in [5.41, 5.74) is 20.2. The van der Waals surface area contributed by atoms with Gasteiger partial charge in [0.05, 0.1) is 5.41 Å². The molecule has 9 rings (SSSR count). The summed E-state index contributed by atoms with van der Waals surface area (Å²) in [5.74, 6) is 0. The normalized spacial score (nSPS) is 12.6. The topological polar surface area (TPSA) is 0 Å². The first-order valence-corrected chi connectivity index (χ1v) is 18.8. The molecule has 0 amide bonds. The predicted molar refractivity (Wildman–Crippen MR) is 223 cm³/mol. The Hall–Kier alpha value is -6.24. The van der Waals surface area contributed by atoms with Crippen molar-refractivity contribution in [1.29, 1.82) is 0 Å². The lowest BCUT2D eigenvalue weighted by atomic mass is 9.67. The maximum Gasteiger partial charge on any atom is 0.0714 e. The average molecular weight is 679 g/mol. The fourth-order valence-electron chi connectivity index (χ4n) is 8.60. The van der Waals surface area contributed by atoms with Crippen molar-refractivity contribution >= 4 is 0 Å². The van der Waals surface area contributed by atoms with E-state index in [4.69, 9.17) is 0 Å². The summed E-state index contributed by atoms with van der Waals surface area (Å²) in [5, 5.41) is 0. The summed E-state index contributed by atoms with van der Waals surface area (Å²) in [6.07, 6.45) is 1.78. The molecule has 1 aliphatic carbocycles. The number of hydrogen-bond acceptors (Lipinski definition) is 0. The molecule has 0 fully saturated rings. The van der Waals surface area contributed by atoms with Gasteiger partial charge in [0.2, 0.25) is 0 Å². The number of aryl methyl sites for hydroxylation is 2. The van der Waals surface area contributed by atoms with E-state index in [1.54, 1.807) is 0 Å². The SMILES string of the molecule is Cc1ccc(C2(c3ccc(C)cc3)c3cc(-c4ccccc4Cc4ccccc4)ccc3-c3ccc(-c4ccccc4Cc4ccccc4)cc32)cc1. The Morgan fingerprint density at radius 1 is 0.340 bits per heavy atom. The second-order valence-electron chi connectivity index (χ2n) is 14.6. The molecule has 0 bridgehead atoms. The van der Waals surface area contributed by atoms with Gasteiger partial charge in [0.1, 0.15) is 0 Å². The number of hydrogen-bond donors (Lipinski definition) is 0. The number of fused-ring (bicyclic) bond motifs is 3. The highest BCUT2D eigenvalue weighted by Crippen LogP contribution is 2.57. The second-order valence-corrected chi connectivity index (χ2v) is 14.6. The van der Waals surface area contributed by atoms with Gasteiger partial charge in [-0.25, -0.2) is 0 Å². The van der Waals surface area contributed by atoms with Gasteiger partial charge >= 0.3 is 0 Å². The standard InChI is InChI=1S/C53H42/c1-37-21-27-45(28-22-37)53(46-29-23-38(2)24-30-46)51-35-43(47-19-11-9-17-41(47)33-39-13-5-3-6-14-39)25-31-49(51)50-32-26-44(36-52(50)53)48-20-12-10-18-42(48)34-40-15-7-4-8-16-40/h3-32,35-36H,33-34H2,1-2H3. The van der Waals surface area contributed by atoms with Gasteiger partial charge in [-0.1, -0.05) is 193 Å². The van der Waals surface area contributed by atoms with Crippen molar-refractivity contribution in [3.8, 4) is 33.4 Å². The van der Waals surface area contributed by atoms with Crippen LogP contribution in [0.4, 0.5) is 0 Å². The van der Waals surface area contributed by atoms with E-state index in [2.05, 4.69) is 208 Å². The lowest BCUT2D eigenvalue weighted by Gasteiger charge is -2.34. The Balaban J connectivity index is 1.28. The Labute approximate surface area is 314 Å². The highest BCUT2D eigenvalue weighted by atomic mass is 14.5. The zero-order valence-corrected chi connectivity index (χ0v) is 30.4. The first-order chi connectivity index (χ1) is 26.1. The second kappa shape index (κ2) is 13.7. The molecule has 1 aliphatic rings. The summed E-state index contributed by atoms with van der Waals surface area (Å²) < 4.78 is 0. The Kier molecular flexibility index (Phi) is 8.45. The fourth-order valence-corrected chi connectivity index (χ4v) is 8.60. The van der Waals surface area contributed by atoms with Gasteiger partial charge in [-0.05, 0) is 117 Å². The van der Waals surface area contributed by atoms with Crippen molar-refractivity contribution in [3.63, 3.8) is 0 Å². The first-order valence-electron chi connectivity index (χ1n) is 18.8. The Morgan fingerprint density at radius 2 is 0.717 bits per heavy atom. The lowest BCUT2D eigenvalue weighted by molar-refractivity contribution is 0.768. The monoisotopic (exact) mass is 678 g/mol. The predicted octanol–water partition coefficient (Wildman–Crippen LogP) is 13.2. The van der Waals surface area contributed by atoms with Crippen LogP contribution in [0.15, 0.2) is 194 Å². The van der Waals surface area contributed by atoms with Crippen LogP contribution in [-0.2, 0) is 18.3 Å². The van der Waals surface area contributed by atoms with Crippen molar-refractivity contribution < 1.29 is 0 Å². The molecule has 8 aromatic carbocycles. The minimum Gasteiger partial charge on any atom is -0.0622 e. The molecule has 53 heavy (non-hydrogen) atoms. The molecule has 0 heterocycles. The first kappa shape index (κ1) is 32.7. The molecule has 0 unspecified atom stereocenters. The van der Waals surface area contributed by atoms with E-state index in [9.17, 15) is 0 Å². The van der Waals surface area contributed by atoms with E-state index < -0.39 is 5.41 Å². The largest absolute Gasteiger partial charge is 0.0714 e. The van der Waals surface area contributed by atoms with Crippen LogP contribution in [0.5, 0.6) is 0 Å². The summed E-state index contributed by atoms with van der Waals surface area (Å²) in [6, 6.07) is 72.5. The molecule has 0 aliphatic heterocycles. The van der Waals surface area contributed by atoms with Gasteiger partial charge in [-0.15, -0.1) is 0 Å². The van der Waals surface area contributed by atoms with Crippen molar-refractivity contribution in [2.75, 3.05) is 0 Å². The van der Waals surface area contributed by atoms with Crippen LogP contribution in [0.2, 0.25) is 0 Å². The Bertz CT molecular complexity index is 2360. The van der Waals surface area contributed by atoms with Crippen LogP contribution >= 0.6 is 0 Å². The van der Waals surface area contributed by atoms with E-state index >= 15 is 0 Å². The van der Waals surface area contributed by atoms with E-state index in [1.165, 1.54) is 89.0 Å². The molecule has 0 radical (unpaired) electrons. The molecule has 254 valence electrons. The van der Waals surface area contributed by atoms with E-state index in [0.29, 0.717) is 0 Å². The molecule has 0 saturated carbocycles. The summed E-state index contributed by atoms with van der Waals surface area (Å²) >= 11 is 0.